The summed E-state index contributed by atoms with van der Waals surface area (Å²) in [5.74, 6) is 0. The van der Waals surface area contributed by atoms with Crippen LogP contribution in [0.25, 0.3) is 0 Å². The summed E-state index contributed by atoms with van der Waals surface area (Å²) in [5, 5.41) is 9.16. The van der Waals surface area contributed by atoms with Crippen molar-refractivity contribution in [3.8, 4) is 0 Å². The Morgan fingerprint density at radius 2 is 2.08 bits per heavy atom. The van der Waals surface area contributed by atoms with Crippen LogP contribution in [0.5, 0.6) is 0 Å². The first kappa shape index (κ1) is 19.4. The van der Waals surface area contributed by atoms with Gasteiger partial charge in [0.15, 0.2) is 5.11 Å². The van der Waals surface area contributed by atoms with Gasteiger partial charge in [-0.2, -0.15) is 5.10 Å². The van der Waals surface area contributed by atoms with Crippen molar-refractivity contribution in [2.24, 2.45) is 5.10 Å². The van der Waals surface area contributed by atoms with Crippen molar-refractivity contribution < 1.29 is 9.64 Å². The Morgan fingerprint density at radius 3 is 2.83 bits per heavy atom. The molecule has 24 heavy (non-hydrogen) atoms. The third-order valence-corrected chi connectivity index (χ3v) is 4.64. The summed E-state index contributed by atoms with van der Waals surface area (Å²) in [6.45, 7) is 7.71. The van der Waals surface area contributed by atoms with E-state index in [0.717, 1.165) is 57.1 Å². The van der Waals surface area contributed by atoms with Crippen LogP contribution in [0.1, 0.15) is 18.9 Å². The van der Waals surface area contributed by atoms with Gasteiger partial charge in [-0.3, -0.25) is 5.43 Å². The number of rotatable bonds is 6. The van der Waals surface area contributed by atoms with Crippen LogP contribution in [0.15, 0.2) is 23.3 Å². The molecule has 0 spiro atoms. The number of halogens is 2. The lowest BCUT2D eigenvalue weighted by Crippen LogP contribution is -3.14. The molecule has 0 unspecified atom stereocenters. The molecule has 1 aromatic rings. The molecular formula is C16H23Cl2N4OS+. The number of benzene rings is 1. The van der Waals surface area contributed by atoms with E-state index in [1.807, 2.05) is 6.92 Å². The van der Waals surface area contributed by atoms with Crippen LogP contribution in [-0.2, 0) is 4.74 Å². The Bertz CT molecular complexity index is 591. The van der Waals surface area contributed by atoms with Gasteiger partial charge in [0.1, 0.15) is 13.1 Å². The monoisotopic (exact) mass is 389 g/mol. The van der Waals surface area contributed by atoms with Crippen molar-refractivity contribution in [2.75, 3.05) is 39.4 Å². The van der Waals surface area contributed by atoms with Crippen molar-refractivity contribution in [3.05, 3.63) is 33.8 Å². The minimum absolute atomic E-state index is 0.504. The minimum Gasteiger partial charge on any atom is -0.370 e. The largest absolute Gasteiger partial charge is 0.370 e. The summed E-state index contributed by atoms with van der Waals surface area (Å²) in [4.78, 5) is 1.59. The molecule has 1 aliphatic heterocycles. The predicted octanol–water partition coefficient (Wildman–Crippen LogP) is 1.49. The first-order valence-electron chi connectivity index (χ1n) is 8.01. The van der Waals surface area contributed by atoms with E-state index in [-0.39, 0.29) is 0 Å². The van der Waals surface area contributed by atoms with E-state index >= 15 is 0 Å². The highest BCUT2D eigenvalue weighted by atomic mass is 35.5. The molecule has 132 valence electrons. The second-order valence-corrected chi connectivity index (χ2v) is 6.91. The molecule has 8 heteroatoms. The van der Waals surface area contributed by atoms with Gasteiger partial charge in [-0.25, -0.2) is 0 Å². The number of hydrogen-bond acceptors (Lipinski definition) is 3. The Balaban J connectivity index is 1.70. The number of ether oxygens (including phenoxy) is 1. The maximum Gasteiger partial charge on any atom is 0.186 e. The predicted molar refractivity (Wildman–Crippen MR) is 103 cm³/mol. The lowest BCUT2D eigenvalue weighted by atomic mass is 10.1. The maximum atomic E-state index is 6.16. The SMILES string of the molecule is C/C(=N/NC(=S)NCCC[NH+]1CCOCC1)c1cc(Cl)ccc1Cl. The van der Waals surface area contributed by atoms with Gasteiger partial charge >= 0.3 is 0 Å². The molecule has 0 aliphatic carbocycles. The van der Waals surface area contributed by atoms with Crippen LogP contribution in [0.4, 0.5) is 0 Å². The van der Waals surface area contributed by atoms with Crippen LogP contribution in [0, 0.1) is 0 Å². The van der Waals surface area contributed by atoms with Crippen molar-refractivity contribution >= 4 is 46.2 Å². The van der Waals surface area contributed by atoms with E-state index in [1.54, 1.807) is 23.1 Å². The van der Waals surface area contributed by atoms with Crippen LogP contribution in [0.2, 0.25) is 10.0 Å². The van der Waals surface area contributed by atoms with Gasteiger partial charge in [0.2, 0.25) is 0 Å². The zero-order valence-corrected chi connectivity index (χ0v) is 16.0. The van der Waals surface area contributed by atoms with Gasteiger partial charge < -0.3 is 15.0 Å². The van der Waals surface area contributed by atoms with E-state index < -0.39 is 0 Å². The first-order chi connectivity index (χ1) is 11.6. The molecular weight excluding hydrogens is 367 g/mol. The van der Waals surface area contributed by atoms with Gasteiger partial charge in [0.25, 0.3) is 0 Å². The highest BCUT2D eigenvalue weighted by Gasteiger charge is 2.12. The number of hydrazone groups is 1. The lowest BCUT2D eigenvalue weighted by Gasteiger charge is -2.23. The fourth-order valence-electron chi connectivity index (χ4n) is 2.46. The van der Waals surface area contributed by atoms with Crippen molar-refractivity contribution in [3.63, 3.8) is 0 Å². The summed E-state index contributed by atoms with van der Waals surface area (Å²) >= 11 is 17.4. The highest BCUT2D eigenvalue weighted by molar-refractivity contribution is 7.80. The summed E-state index contributed by atoms with van der Waals surface area (Å²) in [6.07, 6.45) is 1.06. The molecule has 1 fully saturated rings. The topological polar surface area (TPSA) is 50.1 Å². The van der Waals surface area contributed by atoms with Gasteiger partial charge in [-0.05, 0) is 37.3 Å². The van der Waals surface area contributed by atoms with E-state index in [1.165, 1.54) is 0 Å². The van der Waals surface area contributed by atoms with Crippen LogP contribution in [0.3, 0.4) is 0 Å². The number of thiocarbonyl (C=S) groups is 1. The molecule has 1 aliphatic rings. The third kappa shape index (κ3) is 6.53. The summed E-state index contributed by atoms with van der Waals surface area (Å²) < 4.78 is 5.35. The van der Waals surface area contributed by atoms with Gasteiger partial charge in [-0.1, -0.05) is 23.2 Å². The van der Waals surface area contributed by atoms with E-state index in [4.69, 9.17) is 40.2 Å². The smallest absolute Gasteiger partial charge is 0.186 e. The highest BCUT2D eigenvalue weighted by Crippen LogP contribution is 2.21. The molecule has 2 rings (SSSR count). The quantitative estimate of drug-likeness (QED) is 0.298. The molecule has 1 saturated heterocycles. The number of hydrogen-bond donors (Lipinski definition) is 3. The number of nitrogens with zero attached hydrogens (tertiary/aromatic N) is 1. The second kappa shape index (κ2) is 10.2. The molecule has 0 aromatic heterocycles. The molecule has 5 nitrogen and oxygen atoms in total. The Hall–Kier alpha value is -0.920. The Kier molecular flexibility index (Phi) is 8.21. The zero-order valence-electron chi connectivity index (χ0n) is 13.7. The van der Waals surface area contributed by atoms with Crippen LogP contribution >= 0.6 is 35.4 Å². The van der Waals surface area contributed by atoms with Crippen molar-refractivity contribution in [1.82, 2.24) is 10.7 Å². The normalized spacial score (nSPS) is 16.0. The summed E-state index contributed by atoms with van der Waals surface area (Å²) in [6, 6.07) is 5.28. The molecule has 0 amide bonds. The van der Waals surface area contributed by atoms with E-state index in [9.17, 15) is 0 Å². The maximum absolute atomic E-state index is 6.16. The first-order valence-corrected chi connectivity index (χ1v) is 9.17. The van der Waals surface area contributed by atoms with Gasteiger partial charge in [-0.15, -0.1) is 0 Å². The van der Waals surface area contributed by atoms with Gasteiger partial charge in [0.05, 0.1) is 25.5 Å². The molecule has 3 N–H and O–H groups in total. The second-order valence-electron chi connectivity index (χ2n) is 5.66. The number of nitrogens with one attached hydrogen (secondary N) is 3. The number of morpholine rings is 1. The zero-order chi connectivity index (χ0) is 17.4. The average molecular weight is 390 g/mol. The lowest BCUT2D eigenvalue weighted by molar-refractivity contribution is -0.908. The van der Waals surface area contributed by atoms with E-state index in [2.05, 4.69) is 15.8 Å². The van der Waals surface area contributed by atoms with E-state index in [0.29, 0.717) is 15.2 Å². The average Bonchev–Trinajstić information content (AvgIpc) is 2.59. The fraction of sp³-hybridized carbons (Fsp3) is 0.500. The third-order valence-electron chi connectivity index (χ3n) is 3.84. The van der Waals surface area contributed by atoms with Gasteiger partial charge in [0, 0.05) is 28.6 Å². The fourth-order valence-corrected chi connectivity index (χ4v) is 3.03. The number of quaternary nitrogens is 1. The standard InChI is InChI=1S/C16H22Cl2N4OS/c1-12(14-11-13(17)3-4-15(14)18)20-21-16(24)19-5-2-6-22-7-9-23-10-8-22/h3-4,11H,2,5-10H2,1H3,(H2,19,21,24)/p+1/b20-12-. The molecule has 1 heterocycles. The molecule has 0 bridgehead atoms. The summed E-state index contributed by atoms with van der Waals surface area (Å²) in [7, 11) is 0. The molecule has 0 saturated carbocycles. The Morgan fingerprint density at radius 1 is 1.33 bits per heavy atom. The van der Waals surface area contributed by atoms with Crippen LogP contribution in [-0.4, -0.2) is 50.2 Å². The molecule has 1 aromatic carbocycles. The van der Waals surface area contributed by atoms with Crippen molar-refractivity contribution in [1.29, 1.82) is 0 Å². The van der Waals surface area contributed by atoms with Crippen molar-refractivity contribution in [2.45, 2.75) is 13.3 Å². The molecule has 0 radical (unpaired) electrons. The molecule has 0 atom stereocenters. The summed E-state index contributed by atoms with van der Waals surface area (Å²) in [5.41, 5.74) is 4.36. The Labute approximate surface area is 158 Å². The minimum atomic E-state index is 0.504. The van der Waals surface area contributed by atoms with Crippen LogP contribution < -0.4 is 15.6 Å².